The third kappa shape index (κ3) is 9.62. The summed E-state index contributed by atoms with van der Waals surface area (Å²) in [6.07, 6.45) is 13.3. The van der Waals surface area contributed by atoms with Crippen molar-refractivity contribution >= 4 is 16.1 Å². The molecule has 0 saturated heterocycles. The molecule has 0 aliphatic heterocycles. The summed E-state index contributed by atoms with van der Waals surface area (Å²) >= 11 is 0. The van der Waals surface area contributed by atoms with Crippen molar-refractivity contribution in [2.24, 2.45) is 5.73 Å². The van der Waals surface area contributed by atoms with Gasteiger partial charge in [0.1, 0.15) is 0 Å². The van der Waals surface area contributed by atoms with E-state index < -0.39 is 33.4 Å². The molecule has 3 unspecified atom stereocenters. The first-order chi connectivity index (χ1) is 13.8. The molecule has 0 rings (SSSR count). The smallest absolute Gasteiger partial charge is 0.367 e. The number of nitrogens with zero attached hydrogens (tertiary/aromatic N) is 1. The van der Waals surface area contributed by atoms with Gasteiger partial charge in [0, 0.05) is 6.92 Å². The molecule has 0 aromatic carbocycles. The highest BCUT2D eigenvalue weighted by molar-refractivity contribution is 7.85. The SMILES string of the molecule is CCCCCCCCCCCCC(C)[N+](C)(C)C(C)(C(=O)O)C(N)CCS(=O)(=O)O. The lowest BCUT2D eigenvalue weighted by atomic mass is 9.84. The number of carbonyl (C=O) groups is 1. The monoisotopic (exact) mass is 451 g/mol. The first-order valence-electron chi connectivity index (χ1n) is 11.6. The van der Waals surface area contributed by atoms with Gasteiger partial charge in [-0.15, -0.1) is 0 Å². The molecule has 180 valence electrons. The molecular formula is C22H47N2O5S+. The van der Waals surface area contributed by atoms with Crippen LogP contribution in [0.15, 0.2) is 0 Å². The maximum absolute atomic E-state index is 12.2. The molecule has 0 spiro atoms. The fourth-order valence-electron chi connectivity index (χ4n) is 4.10. The Bertz CT molecular complexity index is 594. The van der Waals surface area contributed by atoms with Crippen LogP contribution in [0.3, 0.4) is 0 Å². The zero-order valence-electron chi connectivity index (χ0n) is 19.9. The second-order valence-electron chi connectivity index (χ2n) is 9.49. The predicted molar refractivity (Wildman–Crippen MR) is 123 cm³/mol. The molecule has 0 aromatic heterocycles. The number of likely N-dealkylation sites (N-methyl/N-ethyl adjacent to an activating group) is 1. The van der Waals surface area contributed by atoms with Crippen LogP contribution in [0.5, 0.6) is 0 Å². The minimum atomic E-state index is -4.18. The van der Waals surface area contributed by atoms with Crippen molar-refractivity contribution in [2.45, 2.75) is 115 Å². The highest BCUT2D eigenvalue weighted by atomic mass is 32.2. The van der Waals surface area contributed by atoms with Crippen LogP contribution < -0.4 is 5.73 Å². The number of unbranched alkanes of at least 4 members (excludes halogenated alkanes) is 9. The van der Waals surface area contributed by atoms with E-state index in [1.165, 1.54) is 51.4 Å². The van der Waals surface area contributed by atoms with Crippen LogP contribution in [0.4, 0.5) is 0 Å². The molecule has 0 radical (unpaired) electrons. The summed E-state index contributed by atoms with van der Waals surface area (Å²) in [7, 11) is -0.484. The maximum Gasteiger partial charge on any atom is 0.367 e. The van der Waals surface area contributed by atoms with E-state index in [1.807, 2.05) is 21.0 Å². The van der Waals surface area contributed by atoms with Crippen molar-refractivity contribution in [3.05, 3.63) is 0 Å². The summed E-state index contributed by atoms with van der Waals surface area (Å²) < 4.78 is 31.3. The van der Waals surface area contributed by atoms with Gasteiger partial charge in [-0.1, -0.05) is 64.7 Å². The molecule has 0 fully saturated rings. The van der Waals surface area contributed by atoms with Crippen molar-refractivity contribution in [3.63, 3.8) is 0 Å². The molecule has 0 aromatic rings. The molecule has 0 aliphatic rings. The third-order valence-electron chi connectivity index (χ3n) is 7.12. The lowest BCUT2D eigenvalue weighted by Crippen LogP contribution is -2.73. The molecule has 0 aliphatic carbocycles. The summed E-state index contributed by atoms with van der Waals surface area (Å²) in [4.78, 5) is 12.2. The lowest BCUT2D eigenvalue weighted by Gasteiger charge is -2.50. The fraction of sp³-hybridized carbons (Fsp3) is 0.955. The van der Waals surface area contributed by atoms with Gasteiger partial charge in [-0.05, 0) is 26.2 Å². The van der Waals surface area contributed by atoms with Crippen molar-refractivity contribution in [1.29, 1.82) is 0 Å². The maximum atomic E-state index is 12.2. The third-order valence-corrected chi connectivity index (χ3v) is 7.87. The van der Waals surface area contributed by atoms with E-state index in [2.05, 4.69) is 6.92 Å². The molecule has 4 N–H and O–H groups in total. The van der Waals surface area contributed by atoms with Crippen LogP contribution in [-0.4, -0.2) is 66.0 Å². The lowest BCUT2D eigenvalue weighted by molar-refractivity contribution is -0.953. The molecule has 0 amide bonds. The number of hydrogen-bond acceptors (Lipinski definition) is 4. The Morgan fingerprint density at radius 3 is 1.80 bits per heavy atom. The number of carboxylic acid groups (broad SMARTS) is 1. The summed E-state index contributed by atoms with van der Waals surface area (Å²) in [5.74, 6) is -1.59. The molecule has 0 heterocycles. The Balaban J connectivity index is 4.60. The van der Waals surface area contributed by atoms with Gasteiger partial charge in [-0.25, -0.2) is 4.79 Å². The summed E-state index contributed by atoms with van der Waals surface area (Å²) in [6, 6.07) is -0.848. The second-order valence-corrected chi connectivity index (χ2v) is 11.1. The molecule has 30 heavy (non-hydrogen) atoms. The van der Waals surface area contributed by atoms with Crippen molar-refractivity contribution in [3.8, 4) is 0 Å². The highest BCUT2D eigenvalue weighted by Gasteiger charge is 2.55. The Hall–Kier alpha value is -0.700. The summed E-state index contributed by atoms with van der Waals surface area (Å²) in [5.41, 5.74) is 4.81. The minimum absolute atomic E-state index is 0.0527. The fourth-order valence-corrected chi connectivity index (χ4v) is 4.65. The molecule has 3 atom stereocenters. The molecule has 0 bridgehead atoms. The van der Waals surface area contributed by atoms with Crippen molar-refractivity contribution < 1.29 is 27.4 Å². The van der Waals surface area contributed by atoms with Gasteiger partial charge in [0.15, 0.2) is 0 Å². The summed E-state index contributed by atoms with van der Waals surface area (Å²) in [6.45, 7) is 5.84. The standard InChI is InChI=1S/C22H46N2O5S/c1-6-7-8-9-10-11-12-13-14-15-16-19(2)24(4,5)22(3,21(25)26)20(23)17-18-30(27,28)29/h19-20H,6-18,23H2,1-5H3,(H-,25,26,27,28,29)/p+1. The van der Waals surface area contributed by atoms with Gasteiger partial charge in [0.05, 0.1) is 31.9 Å². The minimum Gasteiger partial charge on any atom is -0.477 e. The zero-order chi connectivity index (χ0) is 23.4. The normalized spacial score (nSPS) is 16.8. The van der Waals surface area contributed by atoms with Crippen LogP contribution in [0.25, 0.3) is 0 Å². The largest absolute Gasteiger partial charge is 0.477 e. The van der Waals surface area contributed by atoms with Gasteiger partial charge in [-0.2, -0.15) is 8.42 Å². The predicted octanol–water partition coefficient (Wildman–Crippen LogP) is 4.21. The first kappa shape index (κ1) is 29.3. The zero-order valence-corrected chi connectivity index (χ0v) is 20.7. The number of quaternary nitrogens is 1. The van der Waals surface area contributed by atoms with Crippen LogP contribution >= 0.6 is 0 Å². The van der Waals surface area contributed by atoms with E-state index in [9.17, 15) is 18.3 Å². The molecule has 7 nitrogen and oxygen atoms in total. The Labute approximate surface area is 184 Å². The average molecular weight is 452 g/mol. The second kappa shape index (κ2) is 13.7. The van der Waals surface area contributed by atoms with E-state index in [0.29, 0.717) is 0 Å². The Morgan fingerprint density at radius 1 is 0.967 bits per heavy atom. The molecular weight excluding hydrogens is 404 g/mol. The van der Waals surface area contributed by atoms with Gasteiger partial charge in [0.2, 0.25) is 5.54 Å². The Kier molecular flexibility index (Phi) is 13.3. The number of nitrogens with two attached hydrogens (primary N) is 1. The van der Waals surface area contributed by atoms with Crippen molar-refractivity contribution in [2.75, 3.05) is 19.8 Å². The quantitative estimate of drug-likeness (QED) is 0.163. The van der Waals surface area contributed by atoms with E-state index in [1.54, 1.807) is 6.92 Å². The van der Waals surface area contributed by atoms with Crippen LogP contribution in [0.1, 0.15) is 97.8 Å². The molecule has 8 heteroatoms. The topological polar surface area (TPSA) is 118 Å². The average Bonchev–Trinajstić information content (AvgIpc) is 2.65. The van der Waals surface area contributed by atoms with Crippen LogP contribution in [0, 0.1) is 0 Å². The van der Waals surface area contributed by atoms with E-state index >= 15 is 0 Å². The van der Waals surface area contributed by atoms with E-state index in [-0.39, 0.29) is 16.9 Å². The number of rotatable bonds is 18. The van der Waals surface area contributed by atoms with Crippen molar-refractivity contribution in [1.82, 2.24) is 0 Å². The molecule has 0 saturated carbocycles. The first-order valence-corrected chi connectivity index (χ1v) is 13.2. The van der Waals surface area contributed by atoms with Crippen LogP contribution in [0.2, 0.25) is 0 Å². The van der Waals surface area contributed by atoms with Crippen LogP contribution in [-0.2, 0) is 14.9 Å². The Morgan fingerprint density at radius 2 is 1.40 bits per heavy atom. The number of carboxylic acids is 1. The number of hydrogen-bond donors (Lipinski definition) is 3. The van der Waals surface area contributed by atoms with E-state index in [4.69, 9.17) is 10.3 Å². The van der Waals surface area contributed by atoms with E-state index in [0.717, 1.165) is 19.3 Å². The highest BCUT2D eigenvalue weighted by Crippen LogP contribution is 2.31. The van der Waals surface area contributed by atoms with Gasteiger partial charge < -0.3 is 15.3 Å². The van der Waals surface area contributed by atoms with Gasteiger partial charge in [-0.3, -0.25) is 4.55 Å². The van der Waals surface area contributed by atoms with Gasteiger partial charge in [0.25, 0.3) is 10.1 Å². The number of aliphatic carboxylic acids is 1. The summed E-state index contributed by atoms with van der Waals surface area (Å²) in [5, 5.41) is 9.96. The van der Waals surface area contributed by atoms with Gasteiger partial charge >= 0.3 is 5.97 Å².